The van der Waals surface area contributed by atoms with Crippen LogP contribution in [0.25, 0.3) is 0 Å². The van der Waals surface area contributed by atoms with Crippen molar-refractivity contribution in [3.8, 4) is 0 Å². The Morgan fingerprint density at radius 2 is 1.84 bits per heavy atom. The highest BCUT2D eigenvalue weighted by Gasteiger charge is 2.52. The molecule has 3 fully saturated rings. The number of hydrogen-bond donors (Lipinski definition) is 1. The maximum Gasteiger partial charge on any atom is 0.246 e. The van der Waals surface area contributed by atoms with Crippen LogP contribution in [0.1, 0.15) is 58.3 Å². The minimum Gasteiger partial charge on any atom is -0.343 e. The van der Waals surface area contributed by atoms with E-state index >= 15 is 0 Å². The van der Waals surface area contributed by atoms with Crippen LogP contribution in [0.2, 0.25) is 0 Å². The van der Waals surface area contributed by atoms with Crippen LogP contribution in [0.15, 0.2) is 0 Å². The van der Waals surface area contributed by atoms with Gasteiger partial charge in [-0.2, -0.15) is 0 Å². The van der Waals surface area contributed by atoms with Gasteiger partial charge in [0.15, 0.2) is 0 Å². The van der Waals surface area contributed by atoms with Gasteiger partial charge in [0, 0.05) is 6.54 Å². The monoisotopic (exact) mass is 264 g/mol. The summed E-state index contributed by atoms with van der Waals surface area (Å²) in [5.41, 5.74) is -0.516. The molecule has 0 aromatic carbocycles. The first-order valence-electron chi connectivity index (χ1n) is 7.76. The van der Waals surface area contributed by atoms with Crippen LogP contribution in [-0.4, -0.2) is 34.8 Å². The molecule has 1 atom stereocenters. The molecule has 2 aliphatic carbocycles. The molecule has 1 aliphatic heterocycles. The Bertz CT molecular complexity index is 384. The van der Waals surface area contributed by atoms with Gasteiger partial charge in [-0.25, -0.2) is 0 Å². The van der Waals surface area contributed by atoms with E-state index in [9.17, 15) is 9.59 Å². The largest absolute Gasteiger partial charge is 0.343 e. The second kappa shape index (κ2) is 4.80. The molecule has 0 aromatic heterocycles. The number of nitrogens with zero attached hydrogens (tertiary/aromatic N) is 1. The van der Waals surface area contributed by atoms with E-state index in [4.69, 9.17) is 0 Å². The van der Waals surface area contributed by atoms with Crippen LogP contribution < -0.4 is 5.32 Å². The molecule has 3 aliphatic rings. The fourth-order valence-corrected chi connectivity index (χ4v) is 3.79. The average Bonchev–Trinajstić information content (AvgIpc) is 2.36. The normalized spacial score (nSPS) is 31.2. The second-order valence-electron chi connectivity index (χ2n) is 6.53. The molecule has 19 heavy (non-hydrogen) atoms. The zero-order chi connectivity index (χ0) is 13.5. The van der Waals surface area contributed by atoms with Crippen molar-refractivity contribution in [1.29, 1.82) is 0 Å². The summed E-state index contributed by atoms with van der Waals surface area (Å²) in [5.74, 6) is 0.855. The average molecular weight is 264 g/mol. The predicted octanol–water partition coefficient (Wildman–Crippen LogP) is 1.84. The van der Waals surface area contributed by atoms with Crippen molar-refractivity contribution in [1.82, 2.24) is 10.2 Å². The van der Waals surface area contributed by atoms with Crippen molar-refractivity contribution in [2.75, 3.05) is 6.54 Å². The third-order valence-electron chi connectivity index (χ3n) is 5.27. The lowest BCUT2D eigenvalue weighted by Crippen LogP contribution is -2.71. The first kappa shape index (κ1) is 12.9. The molecule has 4 nitrogen and oxygen atoms in total. The molecule has 0 aromatic rings. The highest BCUT2D eigenvalue weighted by Crippen LogP contribution is 2.39. The van der Waals surface area contributed by atoms with Crippen molar-refractivity contribution in [2.24, 2.45) is 5.92 Å². The zero-order valence-corrected chi connectivity index (χ0v) is 11.8. The van der Waals surface area contributed by atoms with Crippen molar-refractivity contribution in [2.45, 2.75) is 69.9 Å². The van der Waals surface area contributed by atoms with Crippen LogP contribution in [0.4, 0.5) is 0 Å². The van der Waals surface area contributed by atoms with Crippen molar-refractivity contribution in [3.63, 3.8) is 0 Å². The molecule has 0 bridgehead atoms. The summed E-state index contributed by atoms with van der Waals surface area (Å²) < 4.78 is 0. The minimum absolute atomic E-state index is 0.0959. The molecule has 1 heterocycles. The van der Waals surface area contributed by atoms with Gasteiger partial charge in [0.2, 0.25) is 11.8 Å². The fraction of sp³-hybridized carbons (Fsp3) is 0.867. The van der Waals surface area contributed by atoms with E-state index in [1.807, 2.05) is 11.8 Å². The van der Waals surface area contributed by atoms with Crippen LogP contribution in [0.3, 0.4) is 0 Å². The lowest BCUT2D eigenvalue weighted by Gasteiger charge is -2.51. The molecular weight excluding hydrogens is 240 g/mol. The summed E-state index contributed by atoms with van der Waals surface area (Å²) in [7, 11) is 0. The molecule has 2 saturated carbocycles. The Morgan fingerprint density at radius 1 is 1.16 bits per heavy atom. The van der Waals surface area contributed by atoms with Gasteiger partial charge in [0.05, 0.1) is 0 Å². The molecule has 106 valence electrons. The summed E-state index contributed by atoms with van der Waals surface area (Å²) in [4.78, 5) is 27.0. The van der Waals surface area contributed by atoms with Gasteiger partial charge in [0.25, 0.3) is 0 Å². The smallest absolute Gasteiger partial charge is 0.246 e. The molecular formula is C15H24N2O2. The van der Waals surface area contributed by atoms with Crippen LogP contribution in [0, 0.1) is 5.92 Å². The number of carbonyl (C=O) groups is 2. The van der Waals surface area contributed by atoms with E-state index in [2.05, 4.69) is 5.32 Å². The molecule has 1 N–H and O–H groups in total. The summed E-state index contributed by atoms with van der Waals surface area (Å²) in [5, 5.41) is 2.90. The standard InChI is InChI=1S/C15H24N2O2/c1-11-13(18)17(10-12-6-5-7-12)15(14(19)16-11)8-3-2-4-9-15/h11-12H,2-10H2,1H3,(H,16,19). The topological polar surface area (TPSA) is 49.4 Å². The predicted molar refractivity (Wildman–Crippen MR) is 72.5 cm³/mol. The van der Waals surface area contributed by atoms with Crippen molar-refractivity contribution in [3.05, 3.63) is 0 Å². The molecule has 0 radical (unpaired) electrons. The van der Waals surface area contributed by atoms with E-state index in [1.54, 1.807) is 0 Å². The summed E-state index contributed by atoms with van der Waals surface area (Å²) >= 11 is 0. The Morgan fingerprint density at radius 3 is 2.42 bits per heavy atom. The van der Waals surface area contributed by atoms with E-state index < -0.39 is 5.54 Å². The lowest BCUT2D eigenvalue weighted by atomic mass is 9.75. The van der Waals surface area contributed by atoms with Crippen LogP contribution >= 0.6 is 0 Å². The molecule has 1 spiro atoms. The number of amides is 2. The Balaban J connectivity index is 1.86. The van der Waals surface area contributed by atoms with Gasteiger partial charge in [-0.15, -0.1) is 0 Å². The summed E-state index contributed by atoms with van der Waals surface area (Å²) in [6, 6.07) is -0.347. The van der Waals surface area contributed by atoms with E-state index in [-0.39, 0.29) is 17.9 Å². The summed E-state index contributed by atoms with van der Waals surface area (Å²) in [6.07, 6.45) is 8.74. The van der Waals surface area contributed by atoms with Gasteiger partial charge in [-0.3, -0.25) is 9.59 Å². The quantitative estimate of drug-likeness (QED) is 0.827. The Hall–Kier alpha value is -1.06. The van der Waals surface area contributed by atoms with Crippen molar-refractivity contribution < 1.29 is 9.59 Å². The van der Waals surface area contributed by atoms with Gasteiger partial charge in [0.1, 0.15) is 11.6 Å². The SMILES string of the molecule is CC1NC(=O)C2(CCCCC2)N(CC2CCC2)C1=O. The van der Waals surface area contributed by atoms with Crippen molar-refractivity contribution >= 4 is 11.8 Å². The summed E-state index contributed by atoms with van der Waals surface area (Å²) in [6.45, 7) is 2.61. The molecule has 4 heteroatoms. The zero-order valence-electron chi connectivity index (χ0n) is 11.8. The Kier molecular flexibility index (Phi) is 3.27. The third-order valence-corrected chi connectivity index (χ3v) is 5.27. The van der Waals surface area contributed by atoms with E-state index in [1.165, 1.54) is 25.7 Å². The van der Waals surface area contributed by atoms with Gasteiger partial charge < -0.3 is 10.2 Å². The first-order chi connectivity index (χ1) is 9.13. The number of rotatable bonds is 2. The van der Waals surface area contributed by atoms with Gasteiger partial charge in [-0.1, -0.05) is 25.7 Å². The number of hydrogen-bond acceptors (Lipinski definition) is 2. The van der Waals surface area contributed by atoms with Gasteiger partial charge >= 0.3 is 0 Å². The Labute approximate surface area is 114 Å². The number of nitrogens with one attached hydrogen (secondary N) is 1. The highest BCUT2D eigenvalue weighted by molar-refractivity contribution is 5.99. The van der Waals surface area contributed by atoms with E-state index in [0.717, 1.165) is 32.2 Å². The number of piperazine rings is 1. The molecule has 1 unspecified atom stereocenters. The maximum absolute atomic E-state index is 12.5. The highest BCUT2D eigenvalue weighted by atomic mass is 16.2. The minimum atomic E-state index is -0.516. The van der Waals surface area contributed by atoms with Crippen LogP contribution in [-0.2, 0) is 9.59 Å². The number of carbonyl (C=O) groups excluding carboxylic acids is 2. The molecule has 3 rings (SSSR count). The fourth-order valence-electron chi connectivity index (χ4n) is 3.79. The first-order valence-corrected chi connectivity index (χ1v) is 7.76. The molecule has 1 saturated heterocycles. The van der Waals surface area contributed by atoms with Crippen LogP contribution in [0.5, 0.6) is 0 Å². The van der Waals surface area contributed by atoms with Gasteiger partial charge in [-0.05, 0) is 38.5 Å². The maximum atomic E-state index is 12.5. The second-order valence-corrected chi connectivity index (χ2v) is 6.53. The molecule has 2 amide bonds. The third kappa shape index (κ3) is 2.05. The lowest BCUT2D eigenvalue weighted by molar-refractivity contribution is -0.161. The van der Waals surface area contributed by atoms with E-state index in [0.29, 0.717) is 5.92 Å².